The monoisotopic (exact) mass is 888 g/mol. The third-order valence-corrected chi connectivity index (χ3v) is 11.4. The number of pyridine rings is 2. The van der Waals surface area contributed by atoms with Crippen molar-refractivity contribution in [3.05, 3.63) is 162 Å². The molecule has 0 fully saturated rings. The number of benzene rings is 4. The summed E-state index contributed by atoms with van der Waals surface area (Å²) in [6.45, 7) is 11.2. The molecule has 8 rings (SSSR count). The van der Waals surface area contributed by atoms with Gasteiger partial charge in [-0.25, -0.2) is 18.4 Å². The van der Waals surface area contributed by atoms with Crippen LogP contribution in [0.4, 0.5) is 18.4 Å². The summed E-state index contributed by atoms with van der Waals surface area (Å²) in [5.74, 6) is -0.701. The number of nitrogens with zero attached hydrogens (tertiary/aromatic N) is 3. The Morgan fingerprint density at radius 2 is 1.08 bits per heavy atom. The zero-order valence-electron chi connectivity index (χ0n) is 38.1. The van der Waals surface area contributed by atoms with Crippen molar-refractivity contribution < 1.29 is 33.0 Å². The lowest BCUT2D eigenvalue weighted by Crippen LogP contribution is -2.38. The number of aromatic nitrogens is 2. The van der Waals surface area contributed by atoms with Crippen LogP contribution in [0.2, 0.25) is 0 Å². The molecule has 2 aliphatic rings. The van der Waals surface area contributed by atoms with E-state index in [4.69, 9.17) is 9.47 Å². The molecule has 0 atom stereocenters. The smallest absolute Gasteiger partial charge is 0.410 e. The van der Waals surface area contributed by atoms with Crippen LogP contribution >= 0.6 is 0 Å². The molecule has 0 saturated heterocycles. The number of amides is 2. The van der Waals surface area contributed by atoms with Gasteiger partial charge in [-0.1, -0.05) is 24.3 Å². The van der Waals surface area contributed by atoms with Gasteiger partial charge in [0, 0.05) is 36.3 Å². The van der Waals surface area contributed by atoms with Crippen molar-refractivity contribution in [2.45, 2.75) is 124 Å². The molecule has 0 spiro atoms. The molecule has 2 aromatic heterocycles. The van der Waals surface area contributed by atoms with E-state index >= 15 is 0 Å². The van der Waals surface area contributed by atoms with Crippen LogP contribution in [0.15, 0.2) is 94.5 Å². The SMILES string of the molecule is CC(C)(C)OC(=O)N(Cc1ccc(F)cc1)Cc1cc2cc3c(cc2[nH]c1=O)CCC3.CC(C)(C)OC(=O)N(Cc1ccc(F)cc1)Cc1cc2cc3c(cc2n(CCO)c1=O)CCC3. The molecule has 11 nitrogen and oxygen atoms in total. The van der Waals surface area contributed by atoms with Crippen molar-refractivity contribution in [2.24, 2.45) is 0 Å². The van der Waals surface area contributed by atoms with Crippen molar-refractivity contribution >= 4 is 34.0 Å². The van der Waals surface area contributed by atoms with Gasteiger partial charge in [0.25, 0.3) is 11.1 Å². The second kappa shape index (κ2) is 19.4. The lowest BCUT2D eigenvalue weighted by Gasteiger charge is -2.28. The zero-order chi connectivity index (χ0) is 46.6. The standard InChI is InChI=1S/C27H31FN2O4.C25H27FN2O3/c1-27(2,3)34-26(33)29(16-18-7-9-23(28)10-8-18)17-22-14-21-13-19-5-4-6-20(19)15-24(21)30(11-12-31)25(22)32;1-25(2,3)31-24(30)28(14-16-7-9-21(26)10-8-16)15-20-12-19-11-17-5-4-6-18(17)13-22(19)27-23(20)29/h7-10,13-15,31H,4-6,11-12,16-17H2,1-3H3;7-13H,4-6,14-15H2,1-3H3,(H,27,29). The van der Waals surface area contributed by atoms with Gasteiger partial charge in [-0.05, 0) is 185 Å². The van der Waals surface area contributed by atoms with Gasteiger partial charge in [0.2, 0.25) is 0 Å². The fourth-order valence-electron chi connectivity index (χ4n) is 8.45. The molecule has 65 heavy (non-hydrogen) atoms. The number of hydrogen-bond donors (Lipinski definition) is 2. The van der Waals surface area contributed by atoms with Crippen LogP contribution in [0.3, 0.4) is 0 Å². The van der Waals surface area contributed by atoms with Crippen LogP contribution < -0.4 is 11.1 Å². The van der Waals surface area contributed by atoms with Crippen molar-refractivity contribution in [3.63, 3.8) is 0 Å². The third kappa shape index (κ3) is 11.9. The fraction of sp³-hybridized carbons (Fsp3) is 0.385. The van der Waals surface area contributed by atoms with E-state index in [1.165, 1.54) is 56.3 Å². The lowest BCUT2D eigenvalue weighted by molar-refractivity contribution is 0.0206. The Morgan fingerprint density at radius 1 is 0.631 bits per heavy atom. The average Bonchev–Trinajstić information content (AvgIpc) is 3.90. The summed E-state index contributed by atoms with van der Waals surface area (Å²) in [6.07, 6.45) is 5.23. The van der Waals surface area contributed by atoms with Crippen LogP contribution in [0.25, 0.3) is 21.8 Å². The first-order chi connectivity index (χ1) is 30.8. The minimum Gasteiger partial charge on any atom is -0.444 e. The number of hydrogen-bond acceptors (Lipinski definition) is 7. The van der Waals surface area contributed by atoms with Gasteiger partial charge in [0.1, 0.15) is 22.8 Å². The molecule has 342 valence electrons. The summed E-state index contributed by atoms with van der Waals surface area (Å²) in [7, 11) is 0. The lowest BCUT2D eigenvalue weighted by atomic mass is 10.0. The molecule has 2 amide bonds. The van der Waals surface area contributed by atoms with Gasteiger partial charge in [-0.15, -0.1) is 0 Å². The van der Waals surface area contributed by atoms with Gasteiger partial charge in [0.15, 0.2) is 0 Å². The molecule has 0 bridgehead atoms. The first-order valence-corrected chi connectivity index (χ1v) is 22.2. The predicted molar refractivity (Wildman–Crippen MR) is 248 cm³/mol. The van der Waals surface area contributed by atoms with Crippen LogP contribution in [0, 0.1) is 11.6 Å². The third-order valence-electron chi connectivity index (χ3n) is 11.4. The molecular formula is C52H58F2N4O7. The quantitative estimate of drug-likeness (QED) is 0.140. The second-order valence-corrected chi connectivity index (χ2v) is 19.0. The van der Waals surface area contributed by atoms with Gasteiger partial charge in [0.05, 0.1) is 25.2 Å². The summed E-state index contributed by atoms with van der Waals surface area (Å²) in [5.41, 5.74) is 7.31. The zero-order valence-corrected chi connectivity index (χ0v) is 38.1. The van der Waals surface area contributed by atoms with E-state index < -0.39 is 23.4 Å². The molecule has 0 aliphatic heterocycles. The van der Waals surface area contributed by atoms with Crippen molar-refractivity contribution in [2.75, 3.05) is 6.61 Å². The predicted octanol–water partition coefficient (Wildman–Crippen LogP) is 9.65. The Labute approximate surface area is 377 Å². The summed E-state index contributed by atoms with van der Waals surface area (Å²) >= 11 is 0. The first kappa shape index (κ1) is 46.6. The topological polar surface area (TPSA) is 134 Å². The Morgan fingerprint density at radius 3 is 1.57 bits per heavy atom. The summed E-state index contributed by atoms with van der Waals surface area (Å²) in [5, 5.41) is 11.5. The van der Waals surface area contributed by atoms with Gasteiger partial charge in [-0.2, -0.15) is 0 Å². The highest BCUT2D eigenvalue weighted by atomic mass is 19.1. The van der Waals surface area contributed by atoms with Gasteiger partial charge < -0.3 is 24.1 Å². The number of carbonyl (C=O) groups is 2. The number of carbonyl (C=O) groups excluding carboxylic acids is 2. The number of ether oxygens (including phenoxy) is 2. The van der Waals surface area contributed by atoms with Crippen LogP contribution in [0.5, 0.6) is 0 Å². The molecule has 6 aromatic rings. The maximum atomic E-state index is 13.4. The Hall–Kier alpha value is -6.34. The maximum Gasteiger partial charge on any atom is 0.410 e. The number of aliphatic hydroxyl groups excluding tert-OH is 1. The first-order valence-electron chi connectivity index (χ1n) is 22.2. The number of halogens is 2. The highest BCUT2D eigenvalue weighted by molar-refractivity contribution is 5.83. The fourth-order valence-corrected chi connectivity index (χ4v) is 8.45. The van der Waals surface area contributed by atoms with E-state index in [0.717, 1.165) is 71.5 Å². The number of aromatic amines is 1. The van der Waals surface area contributed by atoms with Crippen molar-refractivity contribution in [3.8, 4) is 0 Å². The molecule has 0 radical (unpaired) electrons. The number of aryl methyl sites for hydroxylation is 4. The highest BCUT2D eigenvalue weighted by Crippen LogP contribution is 2.29. The largest absolute Gasteiger partial charge is 0.444 e. The maximum absolute atomic E-state index is 13.4. The molecule has 4 aromatic carbocycles. The normalized spacial score (nSPS) is 13.2. The summed E-state index contributed by atoms with van der Waals surface area (Å²) in [6, 6.07) is 23.9. The van der Waals surface area contributed by atoms with Crippen LogP contribution in [-0.4, -0.2) is 54.5 Å². The molecule has 0 unspecified atom stereocenters. The Balaban J connectivity index is 0.000000195. The van der Waals surface area contributed by atoms with E-state index in [1.807, 2.05) is 12.1 Å². The molecule has 2 aliphatic carbocycles. The summed E-state index contributed by atoms with van der Waals surface area (Å²) in [4.78, 5) is 58.1. The Bertz CT molecular complexity index is 2820. The molecular weight excluding hydrogens is 831 g/mol. The van der Waals surface area contributed by atoms with Gasteiger partial charge >= 0.3 is 12.2 Å². The number of H-pyrrole nitrogens is 1. The van der Waals surface area contributed by atoms with Crippen molar-refractivity contribution in [1.82, 2.24) is 19.4 Å². The molecule has 0 saturated carbocycles. The van der Waals surface area contributed by atoms with E-state index in [2.05, 4.69) is 29.2 Å². The molecule has 13 heteroatoms. The molecule has 2 N–H and O–H groups in total. The number of aliphatic hydroxyl groups is 1. The molecule has 2 heterocycles. The number of fused-ring (bicyclic) bond motifs is 4. The number of nitrogens with one attached hydrogen (secondary N) is 1. The minimum atomic E-state index is -0.709. The van der Waals surface area contributed by atoms with Crippen LogP contribution in [0.1, 0.15) is 98.9 Å². The second-order valence-electron chi connectivity index (χ2n) is 19.0. The van der Waals surface area contributed by atoms with E-state index in [1.54, 1.807) is 70.4 Å². The van der Waals surface area contributed by atoms with Gasteiger partial charge in [-0.3, -0.25) is 19.4 Å². The average molecular weight is 889 g/mol. The van der Waals surface area contributed by atoms with E-state index in [-0.39, 0.29) is 62.1 Å². The van der Waals surface area contributed by atoms with E-state index in [0.29, 0.717) is 11.1 Å². The number of rotatable bonds is 10. The highest BCUT2D eigenvalue weighted by Gasteiger charge is 2.26. The Kier molecular flexibility index (Phi) is 13.9. The van der Waals surface area contributed by atoms with Crippen LogP contribution in [-0.2, 0) is 67.9 Å². The minimum absolute atomic E-state index is 0.0313. The van der Waals surface area contributed by atoms with E-state index in [9.17, 15) is 33.1 Å². The van der Waals surface area contributed by atoms with Crippen molar-refractivity contribution in [1.29, 1.82) is 0 Å². The summed E-state index contributed by atoms with van der Waals surface area (Å²) < 4.78 is 39.4.